The largest absolute Gasteiger partial charge is 0.456 e. The van der Waals surface area contributed by atoms with Gasteiger partial charge in [-0.15, -0.1) is 0 Å². The van der Waals surface area contributed by atoms with Gasteiger partial charge in [0.25, 0.3) is 0 Å². The zero-order chi connectivity index (χ0) is 14.5. The molecule has 1 aromatic rings. The molecule has 0 saturated carbocycles. The lowest BCUT2D eigenvalue weighted by Gasteiger charge is -2.19. The molecule has 0 fully saturated rings. The van der Waals surface area contributed by atoms with Crippen LogP contribution in [0.1, 0.15) is 31.1 Å². The zero-order valence-corrected chi connectivity index (χ0v) is 10.7. The Labute approximate surface area is 109 Å². The molecular weight excluding hydrogens is 248 g/mol. The van der Waals surface area contributed by atoms with Gasteiger partial charge in [0.15, 0.2) is 0 Å². The number of esters is 1. The molecule has 8 heteroatoms. The van der Waals surface area contributed by atoms with Crippen molar-refractivity contribution in [1.82, 2.24) is 0 Å². The molecule has 0 spiro atoms. The Hall–Kier alpha value is -2.69. The molecule has 8 nitrogen and oxygen atoms in total. The van der Waals surface area contributed by atoms with E-state index in [0.29, 0.717) is 0 Å². The summed E-state index contributed by atoms with van der Waals surface area (Å²) >= 11 is 0. The summed E-state index contributed by atoms with van der Waals surface area (Å²) < 4.78 is 5.18. The zero-order valence-electron chi connectivity index (χ0n) is 10.7. The first-order chi connectivity index (χ1) is 8.85. The van der Waals surface area contributed by atoms with Gasteiger partial charge in [0.1, 0.15) is 5.60 Å². The maximum Gasteiger partial charge on any atom is 0.338 e. The predicted molar refractivity (Wildman–Crippen MR) is 69.2 cm³/mol. The Morgan fingerprint density at radius 3 is 1.95 bits per heavy atom. The van der Waals surface area contributed by atoms with Crippen molar-refractivity contribution in [2.75, 3.05) is 0 Å². The molecule has 1 rings (SSSR count). The van der Waals surface area contributed by atoms with Gasteiger partial charge < -0.3 is 4.74 Å². The normalized spacial score (nSPS) is 10.1. The minimum absolute atomic E-state index is 0.155. The van der Waals surface area contributed by atoms with E-state index in [4.69, 9.17) is 15.8 Å². The van der Waals surface area contributed by atoms with Crippen molar-refractivity contribution in [3.63, 3.8) is 0 Å². The van der Waals surface area contributed by atoms with Gasteiger partial charge in [-0.1, -0.05) is 10.2 Å². The van der Waals surface area contributed by atoms with Crippen molar-refractivity contribution in [2.24, 2.45) is 10.2 Å². The maximum atomic E-state index is 11.9. The fraction of sp³-hybridized carbons (Fsp3) is 0.364. The van der Waals surface area contributed by atoms with Crippen LogP contribution in [0.2, 0.25) is 0 Å². The molecule has 0 radical (unpaired) electrons. The van der Waals surface area contributed by atoms with Crippen LogP contribution in [0.4, 0.5) is 11.4 Å². The molecule has 0 aliphatic carbocycles. The summed E-state index contributed by atoms with van der Waals surface area (Å²) in [6.45, 7) is 5.20. The van der Waals surface area contributed by atoms with Crippen LogP contribution in [0.3, 0.4) is 0 Å². The quantitative estimate of drug-likeness (QED) is 0.343. The van der Waals surface area contributed by atoms with Crippen LogP contribution >= 0.6 is 0 Å². The van der Waals surface area contributed by atoms with Crippen molar-refractivity contribution in [3.8, 4) is 0 Å². The third-order valence-corrected chi connectivity index (χ3v) is 1.86. The van der Waals surface area contributed by atoms with Crippen molar-refractivity contribution < 1.29 is 9.53 Å². The summed E-state index contributed by atoms with van der Waals surface area (Å²) in [5, 5.41) is 6.76. The number of azide groups is 2. The minimum Gasteiger partial charge on any atom is -0.456 e. The first kappa shape index (κ1) is 14.4. The topological polar surface area (TPSA) is 124 Å². The fourth-order valence-corrected chi connectivity index (χ4v) is 1.27. The van der Waals surface area contributed by atoms with Gasteiger partial charge >= 0.3 is 5.97 Å². The van der Waals surface area contributed by atoms with Gasteiger partial charge in [0.2, 0.25) is 0 Å². The van der Waals surface area contributed by atoms with Crippen molar-refractivity contribution in [1.29, 1.82) is 0 Å². The smallest absolute Gasteiger partial charge is 0.338 e. The van der Waals surface area contributed by atoms with E-state index in [1.54, 1.807) is 20.8 Å². The predicted octanol–water partition coefficient (Wildman–Crippen LogP) is 4.53. The molecule has 0 N–H and O–H groups in total. The number of hydrogen-bond donors (Lipinski definition) is 0. The lowest BCUT2D eigenvalue weighted by atomic mass is 10.1. The molecule has 98 valence electrons. The molecule has 19 heavy (non-hydrogen) atoms. The van der Waals surface area contributed by atoms with Gasteiger partial charge in [-0.05, 0) is 50.0 Å². The molecule has 0 aromatic heterocycles. The van der Waals surface area contributed by atoms with Crippen LogP contribution in [-0.4, -0.2) is 11.6 Å². The Bertz CT molecular complexity index is 555. The van der Waals surface area contributed by atoms with E-state index in [0.717, 1.165) is 0 Å². The highest BCUT2D eigenvalue weighted by Gasteiger charge is 2.18. The summed E-state index contributed by atoms with van der Waals surface area (Å²) in [5.41, 5.74) is 16.6. The van der Waals surface area contributed by atoms with Crippen molar-refractivity contribution in [3.05, 3.63) is 44.6 Å². The molecule has 0 aliphatic heterocycles. The lowest BCUT2D eigenvalue weighted by molar-refractivity contribution is 0.00696. The van der Waals surface area contributed by atoms with Crippen LogP contribution in [0.25, 0.3) is 20.9 Å². The van der Waals surface area contributed by atoms with E-state index < -0.39 is 11.6 Å². The number of rotatable bonds is 3. The highest BCUT2D eigenvalue weighted by molar-refractivity contribution is 5.91. The Morgan fingerprint density at radius 1 is 1.11 bits per heavy atom. The third-order valence-electron chi connectivity index (χ3n) is 1.86. The van der Waals surface area contributed by atoms with Gasteiger partial charge in [-0.2, -0.15) is 0 Å². The number of hydrogen-bond acceptors (Lipinski definition) is 4. The van der Waals surface area contributed by atoms with E-state index in [2.05, 4.69) is 20.1 Å². The van der Waals surface area contributed by atoms with Crippen LogP contribution in [0, 0.1) is 0 Å². The summed E-state index contributed by atoms with van der Waals surface area (Å²) in [6.07, 6.45) is 0. The second-order valence-electron chi connectivity index (χ2n) is 4.62. The number of benzene rings is 1. The van der Waals surface area contributed by atoms with Crippen LogP contribution in [0.5, 0.6) is 0 Å². The first-order valence-corrected chi connectivity index (χ1v) is 5.34. The minimum atomic E-state index is -0.649. The second kappa shape index (κ2) is 5.77. The summed E-state index contributed by atoms with van der Waals surface area (Å²) in [4.78, 5) is 17.1. The summed E-state index contributed by atoms with van der Waals surface area (Å²) in [6, 6.07) is 4.10. The average Bonchev–Trinajstić information content (AvgIpc) is 2.27. The number of nitrogens with zero attached hydrogens (tertiary/aromatic N) is 6. The standard InChI is InChI=1S/C11H12N6O2/c1-11(2,3)19-10(18)7-4-8(14-16-12)6-9(5-7)15-17-13/h4-6H,1-3H3. The molecule has 0 atom stereocenters. The highest BCUT2D eigenvalue weighted by Crippen LogP contribution is 2.25. The van der Waals surface area contributed by atoms with Crippen molar-refractivity contribution in [2.45, 2.75) is 26.4 Å². The Balaban J connectivity index is 3.22. The highest BCUT2D eigenvalue weighted by atomic mass is 16.6. The molecule has 0 heterocycles. The maximum absolute atomic E-state index is 11.9. The molecule has 0 unspecified atom stereocenters. The Morgan fingerprint density at radius 2 is 1.58 bits per heavy atom. The van der Waals surface area contributed by atoms with E-state index in [1.807, 2.05) is 0 Å². The SMILES string of the molecule is CC(C)(C)OC(=O)c1cc(N=[N+]=[N-])cc(N=[N+]=[N-])c1. The second-order valence-corrected chi connectivity index (χ2v) is 4.62. The van der Waals surface area contributed by atoms with E-state index in [1.165, 1.54) is 18.2 Å². The van der Waals surface area contributed by atoms with Gasteiger partial charge in [-0.25, -0.2) is 4.79 Å². The van der Waals surface area contributed by atoms with Crippen LogP contribution in [-0.2, 0) is 4.74 Å². The van der Waals surface area contributed by atoms with Crippen LogP contribution in [0.15, 0.2) is 28.4 Å². The average molecular weight is 260 g/mol. The lowest BCUT2D eigenvalue weighted by Crippen LogP contribution is -2.23. The molecular formula is C11H12N6O2. The molecule has 0 saturated heterocycles. The monoisotopic (exact) mass is 260 g/mol. The summed E-state index contributed by atoms with van der Waals surface area (Å²) in [7, 11) is 0. The van der Waals surface area contributed by atoms with Crippen molar-refractivity contribution >= 4 is 17.3 Å². The molecule has 0 aliphatic rings. The fourth-order valence-electron chi connectivity index (χ4n) is 1.27. The summed E-state index contributed by atoms with van der Waals surface area (Å²) in [5.74, 6) is -0.586. The van der Waals surface area contributed by atoms with Crippen LogP contribution < -0.4 is 0 Å². The molecule has 1 aromatic carbocycles. The number of ether oxygens (including phenoxy) is 1. The third kappa shape index (κ3) is 4.59. The number of carbonyl (C=O) groups is 1. The van der Waals surface area contributed by atoms with Gasteiger partial charge in [0.05, 0.1) is 5.56 Å². The van der Waals surface area contributed by atoms with Gasteiger partial charge in [0, 0.05) is 21.2 Å². The number of carbonyl (C=O) groups excluding carboxylic acids is 1. The van der Waals surface area contributed by atoms with E-state index in [-0.39, 0.29) is 16.9 Å². The van der Waals surface area contributed by atoms with E-state index >= 15 is 0 Å². The molecule has 0 bridgehead atoms. The first-order valence-electron chi connectivity index (χ1n) is 5.34. The van der Waals surface area contributed by atoms with E-state index in [9.17, 15) is 4.79 Å². The van der Waals surface area contributed by atoms with Gasteiger partial charge in [-0.3, -0.25) is 0 Å². The Kier molecular flexibility index (Phi) is 4.36. The molecule has 0 amide bonds.